The van der Waals surface area contributed by atoms with Crippen LogP contribution in [0.1, 0.15) is 18.4 Å². The summed E-state index contributed by atoms with van der Waals surface area (Å²) in [5.41, 5.74) is 4.17. The van der Waals surface area contributed by atoms with Gasteiger partial charge < -0.3 is 4.74 Å². The molecule has 3 nitrogen and oxygen atoms in total. The number of hydrazine groups is 1. The lowest BCUT2D eigenvalue weighted by atomic mass is 10.0. The Morgan fingerprint density at radius 1 is 1.61 bits per heavy atom. The summed E-state index contributed by atoms with van der Waals surface area (Å²) in [6, 6.07) is 6.41. The van der Waals surface area contributed by atoms with Crippen molar-refractivity contribution in [3.05, 3.63) is 28.2 Å². The Bertz CT molecular complexity index is 397. The fraction of sp³-hybridized carbons (Fsp3) is 0.538. The van der Waals surface area contributed by atoms with Gasteiger partial charge in [-0.1, -0.05) is 15.9 Å². The molecule has 1 aromatic carbocycles. The van der Waals surface area contributed by atoms with Gasteiger partial charge in [-0.05, 0) is 48.8 Å². The largest absolute Gasteiger partial charge is 0.496 e. The summed E-state index contributed by atoms with van der Waals surface area (Å²) < 4.78 is 6.49. The quantitative estimate of drug-likeness (QED) is 0.643. The second-order valence-corrected chi connectivity index (χ2v) is 6.75. The normalized spacial score (nSPS) is 20.9. The van der Waals surface area contributed by atoms with Crippen molar-refractivity contribution in [3.8, 4) is 5.75 Å². The summed E-state index contributed by atoms with van der Waals surface area (Å²) in [5.74, 6) is 7.89. The summed E-state index contributed by atoms with van der Waals surface area (Å²) in [5, 5.41) is 0.610. The van der Waals surface area contributed by atoms with Crippen molar-refractivity contribution in [2.24, 2.45) is 5.84 Å². The van der Waals surface area contributed by atoms with Gasteiger partial charge in [0.1, 0.15) is 5.75 Å². The molecule has 0 bridgehead atoms. The Balaban J connectivity index is 2.12. The molecular weight excluding hydrogens is 312 g/mol. The van der Waals surface area contributed by atoms with E-state index in [0.29, 0.717) is 11.3 Å². The van der Waals surface area contributed by atoms with Crippen molar-refractivity contribution in [2.45, 2.75) is 30.6 Å². The number of methoxy groups -OCH3 is 1. The fourth-order valence-corrected chi connectivity index (χ4v) is 4.15. The number of rotatable bonds is 5. The van der Waals surface area contributed by atoms with Crippen molar-refractivity contribution in [1.82, 2.24) is 5.43 Å². The molecule has 2 rings (SSSR count). The molecule has 2 atom stereocenters. The van der Waals surface area contributed by atoms with Crippen LogP contribution in [0.3, 0.4) is 0 Å². The average molecular weight is 331 g/mol. The molecule has 18 heavy (non-hydrogen) atoms. The summed E-state index contributed by atoms with van der Waals surface area (Å²) in [6.07, 6.45) is 3.44. The number of hydrogen-bond donors (Lipinski definition) is 2. The van der Waals surface area contributed by atoms with E-state index in [1.165, 1.54) is 24.2 Å². The van der Waals surface area contributed by atoms with E-state index in [2.05, 4.69) is 27.4 Å². The van der Waals surface area contributed by atoms with E-state index in [1.54, 1.807) is 7.11 Å². The number of halogens is 1. The second-order valence-electron chi connectivity index (χ2n) is 4.48. The lowest BCUT2D eigenvalue weighted by molar-refractivity contribution is 0.403. The van der Waals surface area contributed by atoms with Gasteiger partial charge in [0.15, 0.2) is 0 Å². The highest BCUT2D eigenvalue weighted by Gasteiger charge is 2.25. The molecule has 0 aromatic heterocycles. The fourth-order valence-electron chi connectivity index (χ4n) is 2.36. The maximum atomic E-state index is 5.71. The number of benzene rings is 1. The minimum Gasteiger partial charge on any atom is -0.496 e. The van der Waals surface area contributed by atoms with Crippen LogP contribution in [0.4, 0.5) is 0 Å². The number of thioether (sulfide) groups is 1. The highest BCUT2D eigenvalue weighted by Crippen LogP contribution is 2.32. The number of nitrogens with two attached hydrogens (primary N) is 1. The Morgan fingerprint density at radius 2 is 2.44 bits per heavy atom. The molecule has 1 aromatic rings. The summed E-state index contributed by atoms with van der Waals surface area (Å²) >= 11 is 5.53. The van der Waals surface area contributed by atoms with Gasteiger partial charge in [0, 0.05) is 15.8 Å². The van der Waals surface area contributed by atoms with Crippen LogP contribution in [0, 0.1) is 0 Å². The number of ether oxygens (including phenoxy) is 1. The van der Waals surface area contributed by atoms with Gasteiger partial charge in [-0.2, -0.15) is 11.8 Å². The van der Waals surface area contributed by atoms with Crippen molar-refractivity contribution in [3.63, 3.8) is 0 Å². The van der Waals surface area contributed by atoms with Gasteiger partial charge in [-0.25, -0.2) is 0 Å². The molecule has 1 fully saturated rings. The molecule has 2 unspecified atom stereocenters. The molecule has 0 radical (unpaired) electrons. The molecule has 100 valence electrons. The first-order valence-corrected chi connectivity index (χ1v) is 7.99. The van der Waals surface area contributed by atoms with Crippen LogP contribution in [0.2, 0.25) is 0 Å². The van der Waals surface area contributed by atoms with Gasteiger partial charge in [0.05, 0.1) is 7.11 Å². The lowest BCUT2D eigenvalue weighted by Gasteiger charge is -2.23. The Kier molecular flexibility index (Phi) is 5.36. The Labute approximate surface area is 121 Å². The molecule has 1 heterocycles. The van der Waals surface area contributed by atoms with Crippen LogP contribution in [-0.4, -0.2) is 24.2 Å². The zero-order valence-electron chi connectivity index (χ0n) is 10.5. The summed E-state index contributed by atoms with van der Waals surface area (Å²) in [7, 11) is 1.71. The standard InChI is InChI=1S/C13H19BrN2OS/c1-17-12-5-4-10(14)7-9(12)8-11(16-15)13-3-2-6-18-13/h4-5,7,11,13,16H,2-3,6,8,15H2,1H3. The first-order valence-electron chi connectivity index (χ1n) is 6.14. The zero-order valence-corrected chi connectivity index (χ0v) is 12.9. The first-order chi connectivity index (χ1) is 8.74. The molecule has 1 aliphatic rings. The highest BCUT2D eigenvalue weighted by molar-refractivity contribution is 9.10. The van der Waals surface area contributed by atoms with Crippen LogP contribution in [0.15, 0.2) is 22.7 Å². The molecule has 0 aliphatic carbocycles. The SMILES string of the molecule is COc1ccc(Br)cc1CC(NN)C1CCCS1. The van der Waals surface area contributed by atoms with Crippen LogP contribution >= 0.6 is 27.7 Å². The van der Waals surface area contributed by atoms with E-state index in [4.69, 9.17) is 10.6 Å². The molecule has 0 spiro atoms. The topological polar surface area (TPSA) is 47.3 Å². The van der Waals surface area contributed by atoms with E-state index in [1.807, 2.05) is 23.9 Å². The summed E-state index contributed by atoms with van der Waals surface area (Å²) in [6.45, 7) is 0. The maximum Gasteiger partial charge on any atom is 0.122 e. The summed E-state index contributed by atoms with van der Waals surface area (Å²) in [4.78, 5) is 0. The van der Waals surface area contributed by atoms with Crippen LogP contribution in [-0.2, 0) is 6.42 Å². The predicted molar refractivity (Wildman–Crippen MR) is 81.0 cm³/mol. The van der Waals surface area contributed by atoms with Crippen molar-refractivity contribution >= 4 is 27.7 Å². The maximum absolute atomic E-state index is 5.71. The van der Waals surface area contributed by atoms with Gasteiger partial charge in [0.25, 0.3) is 0 Å². The first kappa shape index (κ1) is 14.2. The van der Waals surface area contributed by atoms with Gasteiger partial charge >= 0.3 is 0 Å². The molecular formula is C13H19BrN2OS. The van der Waals surface area contributed by atoms with Gasteiger partial charge in [-0.3, -0.25) is 11.3 Å². The van der Waals surface area contributed by atoms with Crippen molar-refractivity contribution in [2.75, 3.05) is 12.9 Å². The highest BCUT2D eigenvalue weighted by atomic mass is 79.9. The monoisotopic (exact) mass is 330 g/mol. The van der Waals surface area contributed by atoms with Crippen molar-refractivity contribution in [1.29, 1.82) is 0 Å². The lowest BCUT2D eigenvalue weighted by Crippen LogP contribution is -2.43. The average Bonchev–Trinajstić information content (AvgIpc) is 2.90. The van der Waals surface area contributed by atoms with E-state index in [0.717, 1.165) is 16.6 Å². The molecule has 1 aliphatic heterocycles. The van der Waals surface area contributed by atoms with E-state index < -0.39 is 0 Å². The third kappa shape index (κ3) is 3.41. The van der Waals surface area contributed by atoms with E-state index in [9.17, 15) is 0 Å². The number of nitrogens with one attached hydrogen (secondary N) is 1. The van der Waals surface area contributed by atoms with E-state index >= 15 is 0 Å². The minimum atomic E-state index is 0.306. The molecule has 5 heteroatoms. The van der Waals surface area contributed by atoms with Crippen LogP contribution < -0.4 is 16.0 Å². The third-order valence-electron chi connectivity index (χ3n) is 3.31. The third-order valence-corrected chi connectivity index (χ3v) is 5.32. The molecule has 1 saturated heterocycles. The predicted octanol–water partition coefficient (Wildman–Crippen LogP) is 2.73. The molecule has 3 N–H and O–H groups in total. The second kappa shape index (κ2) is 6.80. The molecule has 0 saturated carbocycles. The molecule has 0 amide bonds. The van der Waals surface area contributed by atoms with Crippen LogP contribution in [0.5, 0.6) is 5.75 Å². The van der Waals surface area contributed by atoms with E-state index in [-0.39, 0.29) is 0 Å². The van der Waals surface area contributed by atoms with Gasteiger partial charge in [-0.15, -0.1) is 0 Å². The minimum absolute atomic E-state index is 0.306. The smallest absolute Gasteiger partial charge is 0.122 e. The van der Waals surface area contributed by atoms with Crippen molar-refractivity contribution < 1.29 is 4.74 Å². The Morgan fingerprint density at radius 3 is 3.06 bits per heavy atom. The Hall–Kier alpha value is -0.230. The number of hydrogen-bond acceptors (Lipinski definition) is 4. The van der Waals surface area contributed by atoms with Crippen LogP contribution in [0.25, 0.3) is 0 Å². The zero-order chi connectivity index (χ0) is 13.0. The van der Waals surface area contributed by atoms with Gasteiger partial charge in [0.2, 0.25) is 0 Å².